The summed E-state index contributed by atoms with van der Waals surface area (Å²) in [6.45, 7) is 19.4. The molecular weight excluding hydrogens is 390 g/mol. The van der Waals surface area contributed by atoms with Crippen LogP contribution in [0.5, 0.6) is 0 Å². The summed E-state index contributed by atoms with van der Waals surface area (Å²) in [6, 6.07) is 3.84. The molecule has 0 saturated carbocycles. The average molecular weight is 428 g/mol. The van der Waals surface area contributed by atoms with Gasteiger partial charge in [-0.3, -0.25) is 10.00 Å². The highest BCUT2D eigenvalue weighted by molar-refractivity contribution is 6.90. The third-order valence-electron chi connectivity index (χ3n) is 5.79. The minimum atomic E-state index is -1.87. The first kappa shape index (κ1) is 24.0. The number of rotatable bonds is 4. The van der Waals surface area contributed by atoms with Crippen molar-refractivity contribution in [2.45, 2.75) is 84.5 Å². The Balaban J connectivity index is 2.57. The second-order valence-corrected chi connectivity index (χ2v) is 15.6. The molecule has 2 rings (SSSR count). The molecule has 1 aromatic heterocycles. The minimum absolute atomic E-state index is 0.474. The Bertz CT molecular complexity index is 950. The van der Waals surface area contributed by atoms with E-state index in [9.17, 15) is 4.79 Å². The van der Waals surface area contributed by atoms with Gasteiger partial charge < -0.3 is 4.74 Å². The van der Waals surface area contributed by atoms with E-state index in [0.29, 0.717) is 22.3 Å². The van der Waals surface area contributed by atoms with Crippen LogP contribution in [0.3, 0.4) is 0 Å². The third-order valence-corrected chi connectivity index (χ3v) is 12.1. The van der Waals surface area contributed by atoms with E-state index in [4.69, 9.17) is 4.74 Å². The number of nitrogens with one attached hydrogen (secondary N) is 1. The van der Waals surface area contributed by atoms with Crippen LogP contribution in [-0.2, 0) is 11.8 Å². The van der Waals surface area contributed by atoms with Gasteiger partial charge in [0.05, 0.1) is 11.7 Å². The molecule has 0 unspecified atom stereocenters. The predicted molar refractivity (Wildman–Crippen MR) is 128 cm³/mol. The maximum absolute atomic E-state index is 12.3. The topological polar surface area (TPSA) is 56.1 Å². The maximum atomic E-state index is 12.3. The highest BCUT2D eigenvalue weighted by Crippen LogP contribution is 2.41. The number of aromatic nitrogens is 2. The minimum Gasteiger partial charge on any atom is -0.444 e. The zero-order valence-corrected chi connectivity index (χ0v) is 21.2. The Morgan fingerprint density at radius 1 is 1.10 bits per heavy atom. The van der Waals surface area contributed by atoms with Gasteiger partial charge in [0, 0.05) is 23.7 Å². The molecule has 164 valence electrons. The van der Waals surface area contributed by atoms with Crippen LogP contribution in [0.4, 0.5) is 10.5 Å². The molecule has 0 bridgehead atoms. The number of carbonyl (C=O) groups excluding carboxylic acids is 1. The number of fused-ring (bicyclic) bond motifs is 1. The van der Waals surface area contributed by atoms with E-state index >= 15 is 0 Å². The van der Waals surface area contributed by atoms with E-state index < -0.39 is 19.8 Å². The number of amides is 1. The molecule has 0 aliphatic carbocycles. The number of hydrogen-bond donors (Lipinski definition) is 1. The van der Waals surface area contributed by atoms with Crippen molar-refractivity contribution < 1.29 is 9.53 Å². The Morgan fingerprint density at radius 2 is 1.67 bits per heavy atom. The van der Waals surface area contributed by atoms with E-state index in [1.807, 2.05) is 46.1 Å². The van der Waals surface area contributed by atoms with Crippen molar-refractivity contribution in [3.8, 4) is 11.5 Å². The molecule has 0 saturated heterocycles. The average Bonchev–Trinajstić information content (AvgIpc) is 2.94. The zero-order chi connectivity index (χ0) is 22.9. The summed E-state index contributed by atoms with van der Waals surface area (Å²) in [5.74, 6) is 3.51. The first-order chi connectivity index (χ1) is 13.8. The molecule has 6 heteroatoms. The van der Waals surface area contributed by atoms with Crippen LogP contribution in [0.1, 0.15) is 67.9 Å². The lowest BCUT2D eigenvalue weighted by molar-refractivity contribution is 0.0636. The fourth-order valence-corrected chi connectivity index (χ4v) is 9.67. The van der Waals surface area contributed by atoms with E-state index in [2.05, 4.69) is 63.4 Å². The Hall–Kier alpha value is -2.26. The molecule has 30 heavy (non-hydrogen) atoms. The fraction of sp³-hybridized carbons (Fsp3) is 0.583. The largest absolute Gasteiger partial charge is 0.444 e. The Morgan fingerprint density at radius 3 is 2.17 bits per heavy atom. The van der Waals surface area contributed by atoms with Crippen molar-refractivity contribution in [2.75, 3.05) is 5.32 Å². The standard InChI is InChI=1S/C24H37N3O2Si/c1-16(2)30(17(3)4,18(5)6)12-11-19-13-20(26-23(28)29-24(7,8)9)14-22-21(19)15-25-27(22)10/h13-18H,1-10H3,(H,26,28). The van der Waals surface area contributed by atoms with Crippen LogP contribution < -0.4 is 5.32 Å². The molecule has 2 aromatic rings. The smallest absolute Gasteiger partial charge is 0.412 e. The molecule has 0 aliphatic heterocycles. The van der Waals surface area contributed by atoms with Gasteiger partial charge in [0.25, 0.3) is 0 Å². The summed E-state index contributed by atoms with van der Waals surface area (Å²) < 4.78 is 7.22. The lowest BCUT2D eigenvalue weighted by Crippen LogP contribution is -2.43. The van der Waals surface area contributed by atoms with Crippen molar-refractivity contribution in [1.29, 1.82) is 0 Å². The Kier molecular flexibility index (Phi) is 7.08. The highest BCUT2D eigenvalue weighted by atomic mass is 28.3. The van der Waals surface area contributed by atoms with Crippen molar-refractivity contribution in [3.63, 3.8) is 0 Å². The molecule has 0 fully saturated rings. The van der Waals surface area contributed by atoms with Gasteiger partial charge in [-0.05, 0) is 49.5 Å². The molecule has 1 N–H and O–H groups in total. The zero-order valence-electron chi connectivity index (χ0n) is 20.2. The lowest BCUT2D eigenvalue weighted by atomic mass is 10.1. The van der Waals surface area contributed by atoms with Crippen molar-refractivity contribution >= 4 is 30.8 Å². The van der Waals surface area contributed by atoms with Crippen molar-refractivity contribution in [3.05, 3.63) is 23.9 Å². The molecule has 1 amide bonds. The summed E-state index contributed by atoms with van der Waals surface area (Å²) in [4.78, 5) is 12.3. The van der Waals surface area contributed by atoms with Crippen LogP contribution in [0.2, 0.25) is 16.6 Å². The number of anilines is 1. The maximum Gasteiger partial charge on any atom is 0.412 e. The van der Waals surface area contributed by atoms with Gasteiger partial charge in [0.2, 0.25) is 0 Å². The van der Waals surface area contributed by atoms with E-state index in [-0.39, 0.29) is 0 Å². The molecule has 1 heterocycles. The second-order valence-electron chi connectivity index (χ2n) is 10.00. The second kappa shape index (κ2) is 8.85. The van der Waals surface area contributed by atoms with Gasteiger partial charge in [-0.25, -0.2) is 4.79 Å². The molecule has 5 nitrogen and oxygen atoms in total. The quantitative estimate of drug-likeness (QED) is 0.448. The SMILES string of the molecule is CC(C)[Si](C#Cc1cc(NC(=O)OC(C)(C)C)cc2c1cnn2C)(C(C)C)C(C)C. The van der Waals surface area contributed by atoms with Gasteiger partial charge in [-0.1, -0.05) is 47.5 Å². The first-order valence-corrected chi connectivity index (χ1v) is 13.0. The number of carbonyl (C=O) groups is 1. The number of ether oxygens (including phenoxy) is 1. The van der Waals surface area contributed by atoms with Gasteiger partial charge in [-0.2, -0.15) is 5.10 Å². The normalized spacial score (nSPS) is 12.4. The van der Waals surface area contributed by atoms with Crippen molar-refractivity contribution in [2.24, 2.45) is 7.05 Å². The van der Waals surface area contributed by atoms with Gasteiger partial charge in [0.1, 0.15) is 13.7 Å². The van der Waals surface area contributed by atoms with E-state index in [1.165, 1.54) is 0 Å². The summed E-state index contributed by atoms with van der Waals surface area (Å²) in [7, 11) is 0.0226. The van der Waals surface area contributed by atoms with E-state index in [1.54, 1.807) is 4.68 Å². The van der Waals surface area contributed by atoms with Gasteiger partial charge >= 0.3 is 6.09 Å². The summed E-state index contributed by atoms with van der Waals surface area (Å²) >= 11 is 0. The van der Waals surface area contributed by atoms with Crippen molar-refractivity contribution in [1.82, 2.24) is 9.78 Å². The van der Waals surface area contributed by atoms with Crippen LogP contribution >= 0.6 is 0 Å². The van der Waals surface area contributed by atoms with Gasteiger partial charge in [0.15, 0.2) is 0 Å². The van der Waals surface area contributed by atoms with Crippen LogP contribution in [0, 0.1) is 11.5 Å². The van der Waals surface area contributed by atoms with Crippen LogP contribution in [0.25, 0.3) is 10.9 Å². The molecular formula is C24H37N3O2Si. The molecule has 0 atom stereocenters. The van der Waals surface area contributed by atoms with Gasteiger partial charge in [-0.15, -0.1) is 5.54 Å². The predicted octanol–water partition coefficient (Wildman–Crippen LogP) is 6.49. The molecule has 1 aromatic carbocycles. The number of nitrogens with zero attached hydrogens (tertiary/aromatic N) is 2. The van der Waals surface area contributed by atoms with Crippen LogP contribution in [-0.4, -0.2) is 29.5 Å². The molecule has 0 aliphatic rings. The fourth-order valence-electron chi connectivity index (χ4n) is 4.45. The monoisotopic (exact) mass is 427 g/mol. The van der Waals surface area contributed by atoms with E-state index in [0.717, 1.165) is 16.5 Å². The lowest BCUT2D eigenvalue weighted by Gasteiger charge is -2.38. The summed E-state index contributed by atoms with van der Waals surface area (Å²) in [5, 5.41) is 8.26. The highest BCUT2D eigenvalue weighted by Gasteiger charge is 2.41. The first-order valence-electron chi connectivity index (χ1n) is 10.8. The molecule has 0 radical (unpaired) electrons. The molecule has 0 spiro atoms. The summed E-state index contributed by atoms with van der Waals surface area (Å²) in [5.41, 5.74) is 7.37. The third kappa shape index (κ3) is 5.07. The number of benzene rings is 1. The summed E-state index contributed by atoms with van der Waals surface area (Å²) in [6.07, 6.45) is 1.37. The van der Waals surface area contributed by atoms with Crippen LogP contribution in [0.15, 0.2) is 18.3 Å². The number of aryl methyl sites for hydroxylation is 1. The number of hydrogen-bond acceptors (Lipinski definition) is 3. The Labute approximate surface area is 182 Å².